The van der Waals surface area contributed by atoms with Crippen molar-refractivity contribution in [3.8, 4) is 11.4 Å². The summed E-state index contributed by atoms with van der Waals surface area (Å²) >= 11 is 7.07. The second-order valence-electron chi connectivity index (χ2n) is 7.03. The van der Waals surface area contributed by atoms with Gasteiger partial charge in [0.2, 0.25) is 5.91 Å². The number of nitrogens with one attached hydrogen (secondary N) is 1. The zero-order chi connectivity index (χ0) is 24.0. The van der Waals surface area contributed by atoms with Crippen molar-refractivity contribution >= 4 is 46.3 Å². The Balaban J connectivity index is 1.69. The molecule has 0 saturated heterocycles. The molecule has 1 heterocycles. The number of nitro benzene ring substituents is 1. The zero-order valence-corrected chi connectivity index (χ0v) is 20.2. The van der Waals surface area contributed by atoms with Crippen molar-refractivity contribution in [3.63, 3.8) is 0 Å². The molecule has 0 aliphatic heterocycles. The van der Waals surface area contributed by atoms with E-state index < -0.39 is 4.92 Å². The standard InChI is InChI=1S/C22H25ClN6O3S/c1-4-27(5-2)17-10-7-15(8-11-17)21-25-26-22(28(21)6-3)33-14-20(30)24-16-9-12-18(23)19(13-16)29(31)32/h7-13H,4-6,14H2,1-3H3,(H,24,30). The van der Waals surface area contributed by atoms with Gasteiger partial charge in [0.25, 0.3) is 5.69 Å². The molecule has 33 heavy (non-hydrogen) atoms. The Hall–Kier alpha value is -3.11. The first kappa shape index (κ1) is 24.5. The second kappa shape index (κ2) is 11.2. The lowest BCUT2D eigenvalue weighted by Gasteiger charge is -2.21. The highest BCUT2D eigenvalue weighted by Crippen LogP contribution is 2.28. The van der Waals surface area contributed by atoms with E-state index in [0.717, 1.165) is 30.2 Å². The van der Waals surface area contributed by atoms with E-state index in [-0.39, 0.29) is 22.4 Å². The molecule has 2 aromatic carbocycles. The molecule has 1 amide bonds. The van der Waals surface area contributed by atoms with Crippen molar-refractivity contribution in [2.75, 3.05) is 29.1 Å². The number of anilines is 2. The van der Waals surface area contributed by atoms with E-state index >= 15 is 0 Å². The third-order valence-corrected chi connectivity index (χ3v) is 6.33. The van der Waals surface area contributed by atoms with Gasteiger partial charge in [-0.1, -0.05) is 23.4 Å². The van der Waals surface area contributed by atoms with Crippen molar-refractivity contribution in [2.24, 2.45) is 0 Å². The predicted molar refractivity (Wildman–Crippen MR) is 132 cm³/mol. The van der Waals surface area contributed by atoms with Crippen LogP contribution in [0.15, 0.2) is 47.6 Å². The highest BCUT2D eigenvalue weighted by atomic mass is 35.5. The summed E-state index contributed by atoms with van der Waals surface area (Å²) in [6.45, 7) is 8.76. The van der Waals surface area contributed by atoms with Gasteiger partial charge in [-0.15, -0.1) is 10.2 Å². The molecule has 1 N–H and O–H groups in total. The van der Waals surface area contributed by atoms with E-state index in [1.165, 1.54) is 30.0 Å². The molecule has 9 nitrogen and oxygen atoms in total. The number of hydrogen-bond donors (Lipinski definition) is 1. The Morgan fingerprint density at radius 2 is 1.85 bits per heavy atom. The Morgan fingerprint density at radius 3 is 2.45 bits per heavy atom. The Bertz CT molecular complexity index is 1130. The number of halogens is 1. The van der Waals surface area contributed by atoms with E-state index in [4.69, 9.17) is 11.6 Å². The zero-order valence-electron chi connectivity index (χ0n) is 18.6. The summed E-state index contributed by atoms with van der Waals surface area (Å²) in [7, 11) is 0. The SMILES string of the molecule is CCN(CC)c1ccc(-c2nnc(SCC(=O)Nc3ccc(Cl)c([N+](=O)[O-])c3)n2CC)cc1. The molecule has 11 heteroatoms. The van der Waals surface area contributed by atoms with Crippen LogP contribution in [0.2, 0.25) is 5.02 Å². The normalized spacial score (nSPS) is 10.8. The fourth-order valence-electron chi connectivity index (χ4n) is 3.36. The predicted octanol–water partition coefficient (Wildman–Crippen LogP) is 5.10. The quantitative estimate of drug-likeness (QED) is 0.240. The lowest BCUT2D eigenvalue weighted by atomic mass is 10.2. The van der Waals surface area contributed by atoms with Gasteiger partial charge in [-0.25, -0.2) is 0 Å². The number of benzene rings is 2. The van der Waals surface area contributed by atoms with Gasteiger partial charge in [0.1, 0.15) is 5.02 Å². The summed E-state index contributed by atoms with van der Waals surface area (Å²) in [5.41, 5.74) is 2.15. The number of nitro groups is 1. The fraction of sp³-hybridized carbons (Fsp3) is 0.318. The van der Waals surface area contributed by atoms with Gasteiger partial charge in [0.05, 0.1) is 10.7 Å². The molecular formula is C22H25ClN6O3S. The van der Waals surface area contributed by atoms with Crippen LogP contribution in [0.3, 0.4) is 0 Å². The second-order valence-corrected chi connectivity index (χ2v) is 8.38. The van der Waals surface area contributed by atoms with Gasteiger partial charge >= 0.3 is 0 Å². The molecular weight excluding hydrogens is 464 g/mol. The summed E-state index contributed by atoms with van der Waals surface area (Å²) in [6, 6.07) is 12.3. The van der Waals surface area contributed by atoms with Gasteiger partial charge in [0.15, 0.2) is 11.0 Å². The lowest BCUT2D eigenvalue weighted by Crippen LogP contribution is -2.21. The minimum Gasteiger partial charge on any atom is -0.372 e. The minimum atomic E-state index is -0.591. The molecule has 3 aromatic rings. The van der Waals surface area contributed by atoms with E-state index in [9.17, 15) is 14.9 Å². The average molecular weight is 489 g/mol. The Labute approximate surface area is 201 Å². The number of carbonyl (C=O) groups excluding carboxylic acids is 1. The number of amides is 1. The smallest absolute Gasteiger partial charge is 0.289 e. The molecule has 0 radical (unpaired) electrons. The van der Waals surface area contributed by atoms with Crippen molar-refractivity contribution < 1.29 is 9.72 Å². The molecule has 174 valence electrons. The number of nitrogens with zero attached hydrogens (tertiary/aromatic N) is 5. The Kier molecular flexibility index (Phi) is 8.29. The van der Waals surface area contributed by atoms with Gasteiger partial charge in [-0.05, 0) is 57.2 Å². The maximum Gasteiger partial charge on any atom is 0.289 e. The first-order valence-electron chi connectivity index (χ1n) is 10.5. The van der Waals surface area contributed by atoms with Crippen LogP contribution in [0, 0.1) is 10.1 Å². The molecule has 0 unspecified atom stereocenters. The van der Waals surface area contributed by atoms with Crippen LogP contribution in [-0.2, 0) is 11.3 Å². The molecule has 1 aromatic heterocycles. The van der Waals surface area contributed by atoms with Crippen LogP contribution < -0.4 is 10.2 Å². The number of carbonyl (C=O) groups is 1. The number of hydrogen-bond acceptors (Lipinski definition) is 7. The molecule has 0 aliphatic rings. The van der Waals surface area contributed by atoms with Crippen molar-refractivity contribution in [1.82, 2.24) is 14.8 Å². The average Bonchev–Trinajstić information content (AvgIpc) is 3.23. The van der Waals surface area contributed by atoms with E-state index in [0.29, 0.717) is 17.4 Å². The van der Waals surface area contributed by atoms with Crippen molar-refractivity contribution in [1.29, 1.82) is 0 Å². The highest BCUT2D eigenvalue weighted by molar-refractivity contribution is 7.99. The fourth-order valence-corrected chi connectivity index (χ4v) is 4.35. The van der Waals surface area contributed by atoms with E-state index in [1.807, 2.05) is 23.6 Å². The van der Waals surface area contributed by atoms with Crippen LogP contribution in [0.5, 0.6) is 0 Å². The summed E-state index contributed by atoms with van der Waals surface area (Å²) < 4.78 is 1.96. The third-order valence-electron chi connectivity index (χ3n) is 5.05. The van der Waals surface area contributed by atoms with Gasteiger partial charge < -0.3 is 14.8 Å². The van der Waals surface area contributed by atoms with Crippen molar-refractivity contribution in [2.45, 2.75) is 32.5 Å². The van der Waals surface area contributed by atoms with Crippen LogP contribution in [0.4, 0.5) is 17.1 Å². The summed E-state index contributed by atoms with van der Waals surface area (Å²) in [6.07, 6.45) is 0. The molecule has 0 fully saturated rings. The highest BCUT2D eigenvalue weighted by Gasteiger charge is 2.17. The molecule has 0 spiro atoms. The maximum atomic E-state index is 12.4. The maximum absolute atomic E-state index is 12.4. The van der Waals surface area contributed by atoms with Crippen LogP contribution >= 0.6 is 23.4 Å². The van der Waals surface area contributed by atoms with Crippen molar-refractivity contribution in [3.05, 3.63) is 57.6 Å². The first-order valence-corrected chi connectivity index (χ1v) is 11.9. The van der Waals surface area contributed by atoms with Gasteiger partial charge in [-0.2, -0.15) is 0 Å². The van der Waals surface area contributed by atoms with Gasteiger partial charge in [-0.3, -0.25) is 14.9 Å². The van der Waals surface area contributed by atoms with E-state index in [1.54, 1.807) is 0 Å². The number of aromatic nitrogens is 3. The first-order chi connectivity index (χ1) is 15.9. The van der Waals surface area contributed by atoms with Crippen LogP contribution in [0.1, 0.15) is 20.8 Å². The molecule has 0 atom stereocenters. The summed E-state index contributed by atoms with van der Waals surface area (Å²) in [4.78, 5) is 25.1. The third kappa shape index (κ3) is 5.82. The van der Waals surface area contributed by atoms with Crippen LogP contribution in [-0.4, -0.2) is 44.4 Å². The summed E-state index contributed by atoms with van der Waals surface area (Å²) in [5, 5.41) is 22.9. The molecule has 0 saturated carbocycles. The molecule has 0 aliphatic carbocycles. The Morgan fingerprint density at radius 1 is 1.15 bits per heavy atom. The molecule has 3 rings (SSSR count). The summed E-state index contributed by atoms with van der Waals surface area (Å²) in [5.74, 6) is 0.502. The van der Waals surface area contributed by atoms with Gasteiger partial charge in [0, 0.05) is 42.6 Å². The number of thioether (sulfide) groups is 1. The minimum absolute atomic E-state index is 0.0149. The van der Waals surface area contributed by atoms with E-state index in [2.05, 4.69) is 46.4 Å². The molecule has 0 bridgehead atoms. The largest absolute Gasteiger partial charge is 0.372 e. The monoisotopic (exact) mass is 488 g/mol. The lowest BCUT2D eigenvalue weighted by molar-refractivity contribution is -0.384. The topological polar surface area (TPSA) is 106 Å². The van der Waals surface area contributed by atoms with Crippen LogP contribution in [0.25, 0.3) is 11.4 Å². The number of rotatable bonds is 10.